The lowest BCUT2D eigenvalue weighted by Gasteiger charge is -2.30. The Morgan fingerprint density at radius 2 is 1.76 bits per heavy atom. The number of halogens is 1. The summed E-state index contributed by atoms with van der Waals surface area (Å²) in [5, 5.41) is 2.78. The number of para-hydroxylation sites is 1. The Kier molecular flexibility index (Phi) is 5.79. The molecule has 2 rings (SSSR count). The van der Waals surface area contributed by atoms with E-state index in [4.69, 9.17) is 0 Å². The van der Waals surface area contributed by atoms with Crippen LogP contribution in [0.1, 0.15) is 18.9 Å². The van der Waals surface area contributed by atoms with Crippen molar-refractivity contribution in [3.05, 3.63) is 59.9 Å². The fourth-order valence-corrected chi connectivity index (χ4v) is 3.79. The van der Waals surface area contributed by atoms with Crippen molar-refractivity contribution < 1.29 is 17.6 Å². The minimum absolute atomic E-state index is 0.246. The fourth-order valence-electron chi connectivity index (χ4n) is 2.58. The van der Waals surface area contributed by atoms with E-state index >= 15 is 0 Å². The van der Waals surface area contributed by atoms with E-state index in [1.165, 1.54) is 24.3 Å². The highest BCUT2D eigenvalue weighted by molar-refractivity contribution is 7.92. The molecular weight excluding hydrogens is 343 g/mol. The van der Waals surface area contributed by atoms with Crippen molar-refractivity contribution in [3.8, 4) is 0 Å². The minimum atomic E-state index is -3.74. The van der Waals surface area contributed by atoms with Gasteiger partial charge >= 0.3 is 0 Å². The molecule has 2 aromatic carbocycles. The highest BCUT2D eigenvalue weighted by atomic mass is 32.2. The van der Waals surface area contributed by atoms with Crippen LogP contribution >= 0.6 is 0 Å². The predicted molar refractivity (Wildman–Crippen MR) is 97.6 cm³/mol. The molecule has 0 aliphatic carbocycles. The van der Waals surface area contributed by atoms with Gasteiger partial charge in [0.05, 0.1) is 11.9 Å². The van der Waals surface area contributed by atoms with Gasteiger partial charge in [-0.1, -0.05) is 25.1 Å². The largest absolute Gasteiger partial charge is 0.324 e. The molecule has 2 aromatic rings. The van der Waals surface area contributed by atoms with E-state index < -0.39 is 27.8 Å². The Bertz CT molecular complexity index is 851. The molecule has 0 spiro atoms. The van der Waals surface area contributed by atoms with Gasteiger partial charge < -0.3 is 5.32 Å². The lowest BCUT2D eigenvalue weighted by Crippen LogP contribution is -2.47. The van der Waals surface area contributed by atoms with Crippen LogP contribution in [0.5, 0.6) is 0 Å². The molecular formula is C18H21FN2O3S. The highest BCUT2D eigenvalue weighted by Gasteiger charge is 2.31. The van der Waals surface area contributed by atoms with Gasteiger partial charge in [0.15, 0.2) is 0 Å². The van der Waals surface area contributed by atoms with E-state index in [0.29, 0.717) is 5.69 Å². The van der Waals surface area contributed by atoms with Crippen LogP contribution in [-0.4, -0.2) is 26.6 Å². The van der Waals surface area contributed by atoms with E-state index in [1.54, 1.807) is 19.1 Å². The standard InChI is InChI=1S/C18H21FN2O3S/c1-4-17(18(22)20-16-8-6-5-7-13(16)2)21(25(3,23)24)15-11-9-14(19)10-12-15/h5-12,17H,4H2,1-3H3,(H,20,22). The van der Waals surface area contributed by atoms with Crippen LogP contribution in [0, 0.1) is 12.7 Å². The number of carbonyl (C=O) groups is 1. The number of carbonyl (C=O) groups excluding carboxylic acids is 1. The third-order valence-electron chi connectivity index (χ3n) is 3.81. The summed E-state index contributed by atoms with van der Waals surface area (Å²) in [6.45, 7) is 3.58. The molecule has 1 atom stereocenters. The molecule has 5 nitrogen and oxygen atoms in total. The first kappa shape index (κ1) is 18.9. The third-order valence-corrected chi connectivity index (χ3v) is 4.99. The quantitative estimate of drug-likeness (QED) is 0.855. The summed E-state index contributed by atoms with van der Waals surface area (Å²) >= 11 is 0. The molecule has 0 fully saturated rings. The Hall–Kier alpha value is -2.41. The van der Waals surface area contributed by atoms with Gasteiger partial charge in [0, 0.05) is 5.69 Å². The van der Waals surface area contributed by atoms with Crippen molar-refractivity contribution in [2.24, 2.45) is 0 Å². The average Bonchev–Trinajstić information content (AvgIpc) is 2.54. The van der Waals surface area contributed by atoms with Gasteiger partial charge in [-0.25, -0.2) is 12.8 Å². The summed E-state index contributed by atoms with van der Waals surface area (Å²) in [4.78, 5) is 12.7. The predicted octanol–water partition coefficient (Wildman–Crippen LogP) is 3.32. The Balaban J connectivity index is 2.38. The first-order valence-corrected chi connectivity index (χ1v) is 9.70. The second kappa shape index (κ2) is 7.65. The third kappa shape index (κ3) is 4.57. The number of hydrogen-bond donors (Lipinski definition) is 1. The number of nitrogens with one attached hydrogen (secondary N) is 1. The number of aryl methyl sites for hydroxylation is 1. The van der Waals surface area contributed by atoms with Gasteiger partial charge in [-0.05, 0) is 49.2 Å². The Morgan fingerprint density at radius 1 is 1.16 bits per heavy atom. The molecule has 0 bridgehead atoms. The highest BCUT2D eigenvalue weighted by Crippen LogP contribution is 2.24. The fraction of sp³-hybridized carbons (Fsp3) is 0.278. The molecule has 1 amide bonds. The molecule has 1 N–H and O–H groups in total. The van der Waals surface area contributed by atoms with Gasteiger partial charge in [0.25, 0.3) is 0 Å². The van der Waals surface area contributed by atoms with E-state index in [-0.39, 0.29) is 12.1 Å². The maximum Gasteiger partial charge on any atom is 0.248 e. The monoisotopic (exact) mass is 364 g/mol. The number of anilines is 2. The van der Waals surface area contributed by atoms with E-state index in [0.717, 1.165) is 16.1 Å². The summed E-state index contributed by atoms with van der Waals surface area (Å²) in [6.07, 6.45) is 1.29. The first-order chi connectivity index (χ1) is 11.7. The van der Waals surface area contributed by atoms with Crippen molar-refractivity contribution in [1.82, 2.24) is 0 Å². The zero-order valence-electron chi connectivity index (χ0n) is 14.4. The molecule has 0 aromatic heterocycles. The van der Waals surface area contributed by atoms with Crippen LogP contribution in [0.4, 0.5) is 15.8 Å². The molecule has 0 saturated heterocycles. The van der Waals surface area contributed by atoms with Gasteiger partial charge in [-0.2, -0.15) is 0 Å². The summed E-state index contributed by atoms with van der Waals surface area (Å²) in [6, 6.07) is 11.3. The number of hydrogen-bond acceptors (Lipinski definition) is 3. The molecule has 25 heavy (non-hydrogen) atoms. The lowest BCUT2D eigenvalue weighted by atomic mass is 10.1. The van der Waals surface area contributed by atoms with E-state index in [9.17, 15) is 17.6 Å². The summed E-state index contributed by atoms with van der Waals surface area (Å²) in [7, 11) is -3.74. The number of rotatable bonds is 6. The topological polar surface area (TPSA) is 66.5 Å². The van der Waals surface area contributed by atoms with Crippen molar-refractivity contribution in [1.29, 1.82) is 0 Å². The average molecular weight is 364 g/mol. The Labute approximate surface area is 147 Å². The van der Waals surface area contributed by atoms with Crippen molar-refractivity contribution in [2.45, 2.75) is 26.3 Å². The smallest absolute Gasteiger partial charge is 0.248 e. The molecule has 0 heterocycles. The second-order valence-corrected chi connectivity index (χ2v) is 7.62. The van der Waals surface area contributed by atoms with E-state index in [2.05, 4.69) is 5.32 Å². The lowest BCUT2D eigenvalue weighted by molar-refractivity contribution is -0.117. The van der Waals surface area contributed by atoms with Crippen molar-refractivity contribution in [2.75, 3.05) is 15.9 Å². The molecule has 0 radical (unpaired) electrons. The zero-order valence-corrected chi connectivity index (χ0v) is 15.2. The van der Waals surface area contributed by atoms with Gasteiger partial charge in [-0.15, -0.1) is 0 Å². The van der Waals surface area contributed by atoms with Crippen LogP contribution in [0.2, 0.25) is 0 Å². The first-order valence-electron chi connectivity index (χ1n) is 7.85. The Morgan fingerprint density at radius 3 is 2.28 bits per heavy atom. The number of sulfonamides is 1. The summed E-state index contributed by atoms with van der Waals surface area (Å²) < 4.78 is 38.8. The van der Waals surface area contributed by atoms with Crippen LogP contribution in [0.25, 0.3) is 0 Å². The van der Waals surface area contributed by atoms with Crippen LogP contribution in [0.15, 0.2) is 48.5 Å². The van der Waals surface area contributed by atoms with Crippen LogP contribution in [-0.2, 0) is 14.8 Å². The molecule has 0 saturated carbocycles. The van der Waals surface area contributed by atoms with Gasteiger partial charge in [0.2, 0.25) is 15.9 Å². The SMILES string of the molecule is CCC(C(=O)Nc1ccccc1C)N(c1ccc(F)cc1)S(C)(=O)=O. The molecule has 1 unspecified atom stereocenters. The number of amides is 1. The maximum absolute atomic E-state index is 13.2. The number of benzene rings is 2. The van der Waals surface area contributed by atoms with Crippen molar-refractivity contribution >= 4 is 27.3 Å². The summed E-state index contributed by atoms with van der Waals surface area (Å²) in [5.74, 6) is -0.916. The molecule has 7 heteroatoms. The van der Waals surface area contributed by atoms with Crippen LogP contribution in [0.3, 0.4) is 0 Å². The molecule has 0 aliphatic rings. The second-order valence-electron chi connectivity index (χ2n) is 5.76. The van der Waals surface area contributed by atoms with Gasteiger partial charge in [-0.3, -0.25) is 9.10 Å². The van der Waals surface area contributed by atoms with Crippen molar-refractivity contribution in [3.63, 3.8) is 0 Å². The zero-order chi connectivity index (χ0) is 18.6. The summed E-state index contributed by atoms with van der Waals surface area (Å²) in [5.41, 5.74) is 1.74. The normalized spacial score (nSPS) is 12.5. The van der Waals surface area contributed by atoms with Gasteiger partial charge in [0.1, 0.15) is 11.9 Å². The number of nitrogens with zero attached hydrogens (tertiary/aromatic N) is 1. The van der Waals surface area contributed by atoms with E-state index in [1.807, 2.05) is 19.1 Å². The van der Waals surface area contributed by atoms with Crippen LogP contribution < -0.4 is 9.62 Å². The minimum Gasteiger partial charge on any atom is -0.324 e. The molecule has 0 aliphatic heterocycles. The molecule has 134 valence electrons. The maximum atomic E-state index is 13.2.